The van der Waals surface area contributed by atoms with Crippen molar-refractivity contribution in [1.29, 1.82) is 0 Å². The maximum absolute atomic E-state index is 13.8. The minimum atomic E-state index is -1.51. The molecule has 2 heterocycles. The molecule has 6 nitrogen and oxygen atoms in total. The lowest BCUT2D eigenvalue weighted by Gasteiger charge is -2.31. The molecule has 2 aliphatic heterocycles. The van der Waals surface area contributed by atoms with Gasteiger partial charge in [-0.2, -0.15) is 0 Å². The van der Waals surface area contributed by atoms with E-state index in [1.807, 2.05) is 31.2 Å². The third kappa shape index (κ3) is 5.18. The first kappa shape index (κ1) is 22.9. The van der Waals surface area contributed by atoms with Gasteiger partial charge in [0.05, 0.1) is 22.9 Å². The Morgan fingerprint density at radius 2 is 2.00 bits per heavy atom. The van der Waals surface area contributed by atoms with Crippen molar-refractivity contribution in [3.05, 3.63) is 51.4 Å². The van der Waals surface area contributed by atoms with Crippen LogP contribution in [0.3, 0.4) is 0 Å². The molecule has 1 N–H and O–H groups in total. The number of hydrogen-bond donors (Lipinski definition) is 1. The van der Waals surface area contributed by atoms with Gasteiger partial charge in [-0.1, -0.05) is 15.9 Å². The van der Waals surface area contributed by atoms with Gasteiger partial charge in [0.2, 0.25) is 12.2 Å². The van der Waals surface area contributed by atoms with E-state index in [0.29, 0.717) is 34.4 Å². The van der Waals surface area contributed by atoms with Crippen molar-refractivity contribution in [2.24, 2.45) is 4.99 Å². The summed E-state index contributed by atoms with van der Waals surface area (Å²) >= 11 is 3.44. The number of likely N-dealkylation sites (tertiary alicyclic amines) is 1. The predicted octanol–water partition coefficient (Wildman–Crippen LogP) is 4.12. The zero-order valence-electron chi connectivity index (χ0n) is 18.4. The van der Waals surface area contributed by atoms with Gasteiger partial charge in [0, 0.05) is 24.0 Å². The molecule has 0 bridgehead atoms. The Labute approximate surface area is 196 Å². The molecule has 1 saturated heterocycles. The zero-order chi connectivity index (χ0) is 22.7. The Kier molecular flexibility index (Phi) is 7.20. The summed E-state index contributed by atoms with van der Waals surface area (Å²) < 4.78 is 26.1. The van der Waals surface area contributed by atoms with Gasteiger partial charge in [-0.3, -0.25) is 9.89 Å². The fraction of sp³-hybridized carbons (Fsp3) is 0.458. The summed E-state index contributed by atoms with van der Waals surface area (Å²) in [5, 5.41) is 12.3. The minimum absolute atomic E-state index is 0.0412. The summed E-state index contributed by atoms with van der Waals surface area (Å²) in [6.45, 7) is 7.13. The molecule has 2 aromatic rings. The molecular weight excluding hydrogens is 477 g/mol. The standard InChI is InChI=1S/C24H29BrFN3O3/c1-16(26)32-23-15-19(31-13-5-12-28-10-3-4-11-28)7-9-22(23)29-17(2)27-21-8-6-18(25)14-20(21)24(29)30/h6-9,14-17,30H,3-5,10-13H2,1-2H3. The fourth-order valence-corrected chi connectivity index (χ4v) is 4.58. The van der Waals surface area contributed by atoms with Gasteiger partial charge in [0.1, 0.15) is 11.9 Å². The van der Waals surface area contributed by atoms with Crippen LogP contribution in [0, 0.1) is 0 Å². The molecule has 0 spiro atoms. The van der Waals surface area contributed by atoms with Gasteiger partial charge >= 0.3 is 0 Å². The van der Waals surface area contributed by atoms with Crippen LogP contribution in [0.4, 0.5) is 10.1 Å². The van der Waals surface area contributed by atoms with Crippen LogP contribution in [0.2, 0.25) is 0 Å². The fourth-order valence-electron chi connectivity index (χ4n) is 4.22. The molecule has 0 amide bonds. The molecule has 32 heavy (non-hydrogen) atoms. The van der Waals surface area contributed by atoms with Gasteiger partial charge in [0.15, 0.2) is 5.75 Å². The maximum Gasteiger partial charge on any atom is 0.235 e. The van der Waals surface area contributed by atoms with Crippen molar-refractivity contribution in [3.8, 4) is 11.5 Å². The summed E-state index contributed by atoms with van der Waals surface area (Å²) in [6.07, 6.45) is 1.57. The Morgan fingerprint density at radius 1 is 1.22 bits per heavy atom. The van der Waals surface area contributed by atoms with Crippen molar-refractivity contribution in [1.82, 2.24) is 4.90 Å². The van der Waals surface area contributed by atoms with E-state index in [4.69, 9.17) is 9.47 Å². The number of rotatable bonds is 8. The van der Waals surface area contributed by atoms with E-state index >= 15 is 0 Å². The zero-order valence-corrected chi connectivity index (χ0v) is 20.0. The first-order valence-corrected chi connectivity index (χ1v) is 11.9. The van der Waals surface area contributed by atoms with E-state index in [0.717, 1.165) is 17.4 Å². The van der Waals surface area contributed by atoms with Crippen LogP contribution >= 0.6 is 15.9 Å². The molecule has 1 fully saturated rings. The third-order valence-electron chi connectivity index (χ3n) is 5.69. The highest BCUT2D eigenvalue weighted by Gasteiger charge is 2.26. The molecule has 2 aromatic carbocycles. The van der Waals surface area contributed by atoms with Gasteiger partial charge in [-0.25, -0.2) is 4.39 Å². The largest absolute Gasteiger partial charge is 0.494 e. The van der Waals surface area contributed by atoms with E-state index < -0.39 is 12.5 Å². The first-order valence-electron chi connectivity index (χ1n) is 11.1. The van der Waals surface area contributed by atoms with Crippen LogP contribution in [0.25, 0.3) is 5.88 Å². The SMILES string of the molecule is CC(F)Oc1cc(OCCCN2CCCC2)ccc1N1C(O)=c2cc(Br)ccc2=NC1C. The van der Waals surface area contributed by atoms with Crippen molar-refractivity contribution in [2.75, 3.05) is 31.1 Å². The lowest BCUT2D eigenvalue weighted by Crippen LogP contribution is -2.45. The first-order chi connectivity index (χ1) is 15.4. The number of hydrogen-bond acceptors (Lipinski definition) is 6. The average Bonchev–Trinajstić information content (AvgIpc) is 3.26. The quantitative estimate of drug-likeness (QED) is 0.547. The number of fused-ring (bicyclic) bond motifs is 1. The lowest BCUT2D eigenvalue weighted by molar-refractivity contribution is 0.0860. The van der Waals surface area contributed by atoms with Crippen LogP contribution in [0.5, 0.6) is 11.5 Å². The summed E-state index contributed by atoms with van der Waals surface area (Å²) in [5.41, 5.74) is 0.526. The molecule has 0 aliphatic carbocycles. The van der Waals surface area contributed by atoms with E-state index in [9.17, 15) is 9.50 Å². The van der Waals surface area contributed by atoms with E-state index in [1.165, 1.54) is 32.9 Å². The number of alkyl halides is 1. The summed E-state index contributed by atoms with van der Waals surface area (Å²) in [5.74, 6) is 0.943. The highest BCUT2D eigenvalue weighted by atomic mass is 79.9. The topological polar surface area (TPSA) is 57.5 Å². The molecular formula is C24H29BrFN3O3. The maximum atomic E-state index is 13.8. The Hall–Kier alpha value is -2.32. The molecule has 0 aromatic heterocycles. The number of halogens is 2. The Bertz CT molecular complexity index is 1070. The second kappa shape index (κ2) is 10.1. The van der Waals surface area contributed by atoms with E-state index in [-0.39, 0.29) is 5.88 Å². The smallest absolute Gasteiger partial charge is 0.235 e. The van der Waals surface area contributed by atoms with Crippen LogP contribution in [-0.4, -0.2) is 48.8 Å². The average molecular weight is 506 g/mol. The minimum Gasteiger partial charge on any atom is -0.494 e. The van der Waals surface area contributed by atoms with Crippen LogP contribution in [0.1, 0.15) is 33.1 Å². The van der Waals surface area contributed by atoms with Crippen LogP contribution in [0.15, 0.2) is 45.9 Å². The molecule has 2 atom stereocenters. The van der Waals surface area contributed by atoms with Crippen molar-refractivity contribution in [3.63, 3.8) is 0 Å². The number of nitrogens with zero attached hydrogens (tertiary/aromatic N) is 3. The highest BCUT2D eigenvalue weighted by Crippen LogP contribution is 2.37. The van der Waals surface area contributed by atoms with Crippen molar-refractivity contribution < 1.29 is 19.0 Å². The molecule has 0 saturated carbocycles. The van der Waals surface area contributed by atoms with Gasteiger partial charge in [0.25, 0.3) is 0 Å². The molecule has 8 heteroatoms. The second-order valence-corrected chi connectivity index (χ2v) is 9.07. The predicted molar refractivity (Wildman–Crippen MR) is 126 cm³/mol. The molecule has 4 rings (SSSR count). The molecule has 172 valence electrons. The Morgan fingerprint density at radius 3 is 2.75 bits per heavy atom. The van der Waals surface area contributed by atoms with Crippen molar-refractivity contribution >= 4 is 27.5 Å². The van der Waals surface area contributed by atoms with Gasteiger partial charge in [-0.05, 0) is 69.6 Å². The van der Waals surface area contributed by atoms with Crippen LogP contribution < -0.4 is 24.9 Å². The molecule has 2 aliphatic rings. The number of ether oxygens (including phenoxy) is 2. The normalized spacial score (nSPS) is 19.4. The molecule has 0 radical (unpaired) electrons. The summed E-state index contributed by atoms with van der Waals surface area (Å²) in [6, 6.07) is 10.8. The van der Waals surface area contributed by atoms with E-state index in [2.05, 4.69) is 25.8 Å². The van der Waals surface area contributed by atoms with Gasteiger partial charge in [-0.15, -0.1) is 0 Å². The highest BCUT2D eigenvalue weighted by molar-refractivity contribution is 9.10. The Balaban J connectivity index is 1.57. The van der Waals surface area contributed by atoms with E-state index in [1.54, 1.807) is 17.0 Å². The lowest BCUT2D eigenvalue weighted by atomic mass is 10.2. The van der Waals surface area contributed by atoms with Crippen LogP contribution in [-0.2, 0) is 0 Å². The monoisotopic (exact) mass is 505 g/mol. The number of aliphatic hydroxyl groups is 1. The van der Waals surface area contributed by atoms with Crippen molar-refractivity contribution in [2.45, 2.75) is 45.6 Å². The number of aliphatic hydroxyl groups excluding tert-OH is 1. The molecule has 2 unspecified atom stereocenters. The van der Waals surface area contributed by atoms with Gasteiger partial charge < -0.3 is 19.5 Å². The number of benzene rings is 2. The third-order valence-corrected chi connectivity index (χ3v) is 6.19. The number of anilines is 1. The summed E-state index contributed by atoms with van der Waals surface area (Å²) in [7, 11) is 0. The summed E-state index contributed by atoms with van der Waals surface area (Å²) in [4.78, 5) is 8.76. The second-order valence-electron chi connectivity index (χ2n) is 8.16.